The maximum Gasteiger partial charge on any atom is 0.252 e. The van der Waals surface area contributed by atoms with Crippen LogP contribution in [0.3, 0.4) is 0 Å². The molecule has 6 rings (SSSR count). The van der Waals surface area contributed by atoms with Crippen LogP contribution in [0.25, 0.3) is 0 Å². The molecule has 1 amide bonds. The highest BCUT2D eigenvalue weighted by atomic mass is 79.9. The number of hydrogen-bond donors (Lipinski definition) is 1. The Morgan fingerprint density at radius 2 is 1.67 bits per heavy atom. The molecule has 0 unspecified atom stereocenters. The van der Waals surface area contributed by atoms with Gasteiger partial charge in [0, 0.05) is 23.6 Å². The van der Waals surface area contributed by atoms with Gasteiger partial charge in [-0.3, -0.25) is 4.79 Å². The largest absolute Gasteiger partial charge is 0.349 e. The van der Waals surface area contributed by atoms with Gasteiger partial charge in [0.05, 0.1) is 10.5 Å². The van der Waals surface area contributed by atoms with Crippen molar-refractivity contribution in [3.05, 3.63) is 28.2 Å². The zero-order valence-corrected chi connectivity index (χ0v) is 20.0. The number of hydrogen-bond acceptors (Lipinski definition) is 3. The number of carbonyl (C=O) groups is 1. The van der Waals surface area contributed by atoms with E-state index in [1.54, 1.807) is 18.2 Å². The van der Waals surface area contributed by atoms with E-state index < -0.39 is 10.0 Å². The first-order valence-electron chi connectivity index (χ1n) is 11.4. The molecule has 30 heavy (non-hydrogen) atoms. The van der Waals surface area contributed by atoms with Crippen LogP contribution in [0.5, 0.6) is 0 Å². The van der Waals surface area contributed by atoms with Gasteiger partial charge in [-0.25, -0.2) is 8.42 Å². The van der Waals surface area contributed by atoms with Crippen LogP contribution in [0, 0.1) is 23.2 Å². The van der Waals surface area contributed by atoms with Gasteiger partial charge in [-0.05, 0) is 116 Å². The molecule has 0 aromatic heterocycles. The Labute approximate surface area is 188 Å². The third-order valence-electron chi connectivity index (χ3n) is 8.24. The lowest BCUT2D eigenvalue weighted by molar-refractivity contribution is -0.0688. The van der Waals surface area contributed by atoms with E-state index in [2.05, 4.69) is 28.2 Å². The molecule has 1 N–H and O–H groups in total. The topological polar surface area (TPSA) is 66.5 Å². The minimum atomic E-state index is -3.54. The molecule has 0 spiro atoms. The van der Waals surface area contributed by atoms with Gasteiger partial charge in [-0.1, -0.05) is 0 Å². The maximum atomic E-state index is 13.2. The Morgan fingerprint density at radius 3 is 2.23 bits per heavy atom. The van der Waals surface area contributed by atoms with Crippen molar-refractivity contribution in [2.24, 2.45) is 23.2 Å². The second-order valence-corrected chi connectivity index (χ2v) is 13.0. The van der Waals surface area contributed by atoms with E-state index in [4.69, 9.17) is 0 Å². The SMILES string of the molecule is C[C@H](NC(=O)c1cc(S(=O)(=O)N2CCCC2)ccc1Br)C12CC3CC(CC(C3)C1)C2. The molecule has 4 saturated carbocycles. The van der Waals surface area contributed by atoms with Crippen molar-refractivity contribution in [2.75, 3.05) is 13.1 Å². The number of nitrogens with one attached hydrogen (secondary N) is 1. The summed E-state index contributed by atoms with van der Waals surface area (Å²) in [6.45, 7) is 3.27. The van der Waals surface area contributed by atoms with Crippen molar-refractivity contribution in [1.29, 1.82) is 0 Å². The van der Waals surface area contributed by atoms with E-state index >= 15 is 0 Å². The molecule has 0 radical (unpaired) electrons. The van der Waals surface area contributed by atoms with E-state index in [1.165, 1.54) is 42.8 Å². The Bertz CT molecular complexity index is 920. The van der Waals surface area contributed by atoms with Gasteiger partial charge in [-0.2, -0.15) is 4.31 Å². The van der Waals surface area contributed by atoms with Crippen molar-refractivity contribution in [3.63, 3.8) is 0 Å². The summed E-state index contributed by atoms with van der Waals surface area (Å²) in [5.41, 5.74) is 0.627. The van der Waals surface area contributed by atoms with Crippen molar-refractivity contribution in [2.45, 2.75) is 69.2 Å². The Balaban J connectivity index is 1.36. The molecule has 7 heteroatoms. The van der Waals surface area contributed by atoms with Crippen molar-refractivity contribution < 1.29 is 13.2 Å². The van der Waals surface area contributed by atoms with E-state index in [-0.39, 0.29) is 22.3 Å². The fourth-order valence-corrected chi connectivity index (χ4v) is 9.02. The molecular formula is C23H31BrN2O3S. The summed E-state index contributed by atoms with van der Waals surface area (Å²) < 4.78 is 28.1. The maximum absolute atomic E-state index is 13.2. The highest BCUT2D eigenvalue weighted by Gasteiger charge is 2.53. The normalized spacial score (nSPS) is 34.3. The van der Waals surface area contributed by atoms with Crippen LogP contribution >= 0.6 is 15.9 Å². The number of rotatable bonds is 5. The summed E-state index contributed by atoms with van der Waals surface area (Å²) in [4.78, 5) is 13.4. The summed E-state index contributed by atoms with van der Waals surface area (Å²) in [6.07, 6.45) is 9.60. The zero-order valence-electron chi connectivity index (χ0n) is 17.6. The average molecular weight is 495 g/mol. The number of carbonyl (C=O) groups excluding carboxylic acids is 1. The quantitative estimate of drug-likeness (QED) is 0.651. The fraction of sp³-hybridized carbons (Fsp3) is 0.696. The van der Waals surface area contributed by atoms with Crippen LogP contribution in [-0.4, -0.2) is 37.8 Å². The van der Waals surface area contributed by atoms with Crippen molar-refractivity contribution in [1.82, 2.24) is 9.62 Å². The first-order valence-corrected chi connectivity index (χ1v) is 13.6. The molecule has 5 aliphatic rings. The van der Waals surface area contributed by atoms with Crippen LogP contribution in [0.1, 0.15) is 68.6 Å². The third kappa shape index (κ3) is 3.55. The first kappa shape index (κ1) is 21.0. The third-order valence-corrected chi connectivity index (χ3v) is 10.8. The predicted molar refractivity (Wildman–Crippen MR) is 120 cm³/mol. The van der Waals surface area contributed by atoms with Crippen LogP contribution in [0.4, 0.5) is 0 Å². The second-order valence-electron chi connectivity index (χ2n) is 10.2. The Kier molecular flexibility index (Phi) is 5.30. The molecular weight excluding hydrogens is 464 g/mol. The highest BCUT2D eigenvalue weighted by molar-refractivity contribution is 9.10. The molecule has 1 aliphatic heterocycles. The second kappa shape index (κ2) is 7.59. The van der Waals surface area contributed by atoms with Crippen LogP contribution in [0.15, 0.2) is 27.6 Å². The molecule has 4 aliphatic carbocycles. The van der Waals surface area contributed by atoms with Gasteiger partial charge >= 0.3 is 0 Å². The summed E-state index contributed by atoms with van der Waals surface area (Å²) in [6, 6.07) is 4.92. The zero-order chi connectivity index (χ0) is 21.1. The lowest BCUT2D eigenvalue weighted by atomic mass is 9.48. The van der Waals surface area contributed by atoms with Gasteiger partial charge in [0.15, 0.2) is 0 Å². The minimum absolute atomic E-state index is 0.101. The summed E-state index contributed by atoms with van der Waals surface area (Å²) in [7, 11) is -3.54. The Morgan fingerprint density at radius 1 is 1.10 bits per heavy atom. The van der Waals surface area contributed by atoms with E-state index in [0.717, 1.165) is 30.6 Å². The standard InChI is InChI=1S/C23H31BrN2O3S/c1-15(23-12-16-8-17(13-23)10-18(9-16)14-23)25-22(27)20-11-19(4-5-21(20)24)30(28,29)26-6-2-3-7-26/h4-5,11,15-18H,2-3,6-10,12-14H2,1H3,(H,25,27)/t15-,16?,17?,18?,23?/m0/s1. The van der Waals surface area contributed by atoms with E-state index in [0.29, 0.717) is 23.1 Å². The molecule has 5 fully saturated rings. The summed E-state index contributed by atoms with van der Waals surface area (Å²) >= 11 is 3.47. The lowest BCUT2D eigenvalue weighted by Gasteiger charge is -2.59. The van der Waals surface area contributed by atoms with Gasteiger partial charge in [0.25, 0.3) is 5.91 Å². The van der Waals surface area contributed by atoms with E-state index in [9.17, 15) is 13.2 Å². The molecule has 1 aromatic rings. The Hall–Kier alpha value is -0.920. The molecule has 1 atom stereocenters. The summed E-state index contributed by atoms with van der Waals surface area (Å²) in [5, 5.41) is 3.26. The number of halogens is 1. The number of sulfonamides is 1. The molecule has 5 nitrogen and oxygen atoms in total. The molecule has 1 saturated heterocycles. The van der Waals surface area contributed by atoms with Crippen LogP contribution < -0.4 is 5.32 Å². The summed E-state index contributed by atoms with van der Waals surface area (Å²) in [5.74, 6) is 2.31. The molecule has 164 valence electrons. The van der Waals surface area contributed by atoms with Gasteiger partial charge < -0.3 is 5.32 Å². The highest BCUT2D eigenvalue weighted by Crippen LogP contribution is 2.61. The van der Waals surface area contributed by atoms with Gasteiger partial charge in [0.1, 0.15) is 0 Å². The van der Waals surface area contributed by atoms with Crippen LogP contribution in [0.2, 0.25) is 0 Å². The van der Waals surface area contributed by atoms with E-state index in [1.807, 2.05) is 0 Å². The average Bonchev–Trinajstić information content (AvgIpc) is 3.22. The van der Waals surface area contributed by atoms with Crippen LogP contribution in [-0.2, 0) is 10.0 Å². The number of nitrogens with zero attached hydrogens (tertiary/aromatic N) is 1. The lowest BCUT2D eigenvalue weighted by Crippen LogP contribution is -2.55. The predicted octanol–water partition coefficient (Wildman–Crippen LogP) is 4.57. The number of amides is 1. The molecule has 1 aromatic carbocycles. The minimum Gasteiger partial charge on any atom is -0.349 e. The molecule has 1 heterocycles. The van der Waals surface area contributed by atoms with Gasteiger partial charge in [0.2, 0.25) is 10.0 Å². The fourth-order valence-electron chi connectivity index (χ4n) is 7.05. The molecule has 4 bridgehead atoms. The van der Waals surface area contributed by atoms with Crippen molar-refractivity contribution in [3.8, 4) is 0 Å². The van der Waals surface area contributed by atoms with Gasteiger partial charge in [-0.15, -0.1) is 0 Å². The monoisotopic (exact) mass is 494 g/mol. The van der Waals surface area contributed by atoms with Crippen molar-refractivity contribution >= 4 is 31.9 Å². The first-order chi connectivity index (χ1) is 14.3. The number of benzene rings is 1. The smallest absolute Gasteiger partial charge is 0.252 e.